The number of nitrogens with zero attached hydrogens (tertiary/aromatic N) is 2. The highest BCUT2D eigenvalue weighted by molar-refractivity contribution is 5.83. The van der Waals surface area contributed by atoms with Gasteiger partial charge in [0.2, 0.25) is 0 Å². The number of aromatic amines is 1. The molecule has 1 aliphatic carbocycles. The number of quaternary nitrogens is 1. The normalized spacial score (nSPS) is 17.5. The minimum absolute atomic E-state index is 0.0399. The Morgan fingerprint density at radius 1 is 1.52 bits per heavy atom. The summed E-state index contributed by atoms with van der Waals surface area (Å²) in [6, 6.07) is 9.37. The molecule has 1 aromatic carbocycles. The number of aliphatic hydroxyl groups is 1. The maximum Gasteiger partial charge on any atom is 0.275 e. The Morgan fingerprint density at radius 2 is 2.24 bits per heavy atom. The number of aromatic nitrogens is 2. The van der Waals surface area contributed by atoms with E-state index in [1.807, 2.05) is 37.4 Å². The summed E-state index contributed by atoms with van der Waals surface area (Å²) in [6.45, 7) is 2.02. The van der Waals surface area contributed by atoms with Crippen LogP contribution in [-0.2, 0) is 4.79 Å². The van der Waals surface area contributed by atoms with Gasteiger partial charge in [0.25, 0.3) is 5.91 Å². The average Bonchev–Trinajstić information content (AvgIpc) is 3.29. The molecule has 2 aromatic rings. The molecule has 25 heavy (non-hydrogen) atoms. The summed E-state index contributed by atoms with van der Waals surface area (Å²) in [5, 5.41) is 23.0. The zero-order chi connectivity index (χ0) is 18.0. The Balaban J connectivity index is 1.79. The van der Waals surface area contributed by atoms with Gasteiger partial charge in [0, 0.05) is 6.04 Å². The van der Waals surface area contributed by atoms with Crippen molar-refractivity contribution in [3.63, 3.8) is 0 Å². The molecule has 1 heterocycles. The lowest BCUT2D eigenvalue weighted by Crippen LogP contribution is -3.14. The number of imidazole rings is 1. The van der Waals surface area contributed by atoms with Gasteiger partial charge in [-0.2, -0.15) is 5.26 Å². The van der Waals surface area contributed by atoms with Gasteiger partial charge in [-0.15, -0.1) is 0 Å². The van der Waals surface area contributed by atoms with Crippen molar-refractivity contribution in [2.45, 2.75) is 31.8 Å². The second-order valence-corrected chi connectivity index (χ2v) is 6.56. The van der Waals surface area contributed by atoms with Gasteiger partial charge >= 0.3 is 0 Å². The third kappa shape index (κ3) is 3.80. The molecule has 0 spiro atoms. The molecule has 4 N–H and O–H groups in total. The molecule has 130 valence electrons. The summed E-state index contributed by atoms with van der Waals surface area (Å²) in [4.78, 5) is 20.2. The van der Waals surface area contributed by atoms with Crippen LogP contribution in [0.3, 0.4) is 0 Å². The number of benzene rings is 1. The van der Waals surface area contributed by atoms with Gasteiger partial charge in [0.05, 0.1) is 18.1 Å². The molecule has 1 saturated carbocycles. The van der Waals surface area contributed by atoms with Crippen molar-refractivity contribution < 1.29 is 14.8 Å². The number of amides is 1. The van der Waals surface area contributed by atoms with E-state index in [9.17, 15) is 15.2 Å². The predicted molar refractivity (Wildman–Crippen MR) is 93.6 cm³/mol. The number of carbonyl (C=O) groups excluding carboxylic acids is 1. The number of carbonyl (C=O) groups is 1. The number of likely N-dealkylation sites (N-methyl/N-ethyl adjacent to an activating group) is 1. The van der Waals surface area contributed by atoms with Crippen LogP contribution in [0.1, 0.15) is 25.6 Å². The zero-order valence-corrected chi connectivity index (χ0v) is 14.3. The van der Waals surface area contributed by atoms with Crippen LogP contribution in [0.15, 0.2) is 30.0 Å². The van der Waals surface area contributed by atoms with Crippen molar-refractivity contribution in [1.29, 1.82) is 5.26 Å². The Morgan fingerprint density at radius 3 is 2.88 bits per heavy atom. The lowest BCUT2D eigenvalue weighted by Gasteiger charge is -2.21. The standard InChI is InChI=1S/C18H21N5O2/c1-11(23(2)10-16(24)20-12-7-8-12)17(25)13(9-19)18-21-14-5-3-4-6-15(14)22-18/h3-6,11-12,25H,7-8,10H2,1-2H3,(H,20,24)(H,21,22)/p+1/b17-13-/t11-/m0/s1. The molecule has 1 amide bonds. The van der Waals surface area contributed by atoms with E-state index in [0.29, 0.717) is 11.9 Å². The highest BCUT2D eigenvalue weighted by atomic mass is 16.3. The van der Waals surface area contributed by atoms with Crippen LogP contribution in [0.4, 0.5) is 0 Å². The Bertz CT molecular complexity index is 827. The fraction of sp³-hybridized carbons (Fsp3) is 0.389. The smallest absolute Gasteiger partial charge is 0.275 e. The summed E-state index contributed by atoms with van der Waals surface area (Å²) in [5.41, 5.74) is 1.64. The number of hydrogen-bond acceptors (Lipinski definition) is 4. The molecule has 1 fully saturated rings. The lowest BCUT2D eigenvalue weighted by molar-refractivity contribution is -0.891. The first-order chi connectivity index (χ1) is 12.0. The largest absolute Gasteiger partial charge is 0.505 e. The van der Waals surface area contributed by atoms with Gasteiger partial charge in [0.1, 0.15) is 17.7 Å². The molecule has 0 bridgehead atoms. The van der Waals surface area contributed by atoms with Crippen molar-refractivity contribution in [1.82, 2.24) is 15.3 Å². The fourth-order valence-corrected chi connectivity index (χ4v) is 2.67. The SMILES string of the molecule is C[C@@H](/C(O)=C(\C#N)c1nc2ccccc2[nH]1)[NH+](C)CC(=O)NC1CC1. The average molecular weight is 340 g/mol. The van der Waals surface area contributed by atoms with Crippen molar-refractivity contribution >= 4 is 22.5 Å². The molecule has 0 radical (unpaired) electrons. The van der Waals surface area contributed by atoms with Crippen LogP contribution >= 0.6 is 0 Å². The molecule has 0 aliphatic heterocycles. The van der Waals surface area contributed by atoms with Crippen LogP contribution in [0, 0.1) is 11.3 Å². The molecule has 1 aromatic heterocycles. The van der Waals surface area contributed by atoms with E-state index < -0.39 is 6.04 Å². The first-order valence-electron chi connectivity index (χ1n) is 8.39. The molecule has 3 rings (SSSR count). The summed E-state index contributed by atoms with van der Waals surface area (Å²) in [7, 11) is 1.82. The van der Waals surface area contributed by atoms with E-state index >= 15 is 0 Å². The van der Waals surface area contributed by atoms with Crippen LogP contribution in [0.5, 0.6) is 0 Å². The third-order valence-corrected chi connectivity index (χ3v) is 4.53. The number of para-hydroxylation sites is 2. The number of rotatable bonds is 6. The summed E-state index contributed by atoms with van der Waals surface area (Å²) in [6.07, 6.45) is 2.08. The van der Waals surface area contributed by atoms with Crippen molar-refractivity contribution in [2.75, 3.05) is 13.6 Å². The minimum Gasteiger partial charge on any atom is -0.505 e. The van der Waals surface area contributed by atoms with E-state index in [4.69, 9.17) is 0 Å². The molecular weight excluding hydrogens is 318 g/mol. The minimum atomic E-state index is -0.409. The molecular formula is C18H22N5O2+. The maximum absolute atomic E-state index is 11.9. The van der Waals surface area contributed by atoms with Crippen LogP contribution in [-0.4, -0.2) is 46.7 Å². The molecule has 1 aliphatic rings. The number of nitrogens with one attached hydrogen (secondary N) is 3. The zero-order valence-electron chi connectivity index (χ0n) is 14.3. The molecule has 7 nitrogen and oxygen atoms in total. The summed E-state index contributed by atoms with van der Waals surface area (Å²) < 4.78 is 0. The summed E-state index contributed by atoms with van der Waals surface area (Å²) >= 11 is 0. The van der Waals surface area contributed by atoms with E-state index in [1.54, 1.807) is 6.92 Å². The molecule has 2 atom stereocenters. The number of allylic oxidation sites excluding steroid dienone is 1. The van der Waals surface area contributed by atoms with Gasteiger partial charge in [0.15, 0.2) is 18.1 Å². The van der Waals surface area contributed by atoms with Crippen LogP contribution in [0.25, 0.3) is 16.6 Å². The van der Waals surface area contributed by atoms with Crippen LogP contribution in [0.2, 0.25) is 0 Å². The van der Waals surface area contributed by atoms with Gasteiger partial charge < -0.3 is 20.3 Å². The van der Waals surface area contributed by atoms with E-state index in [2.05, 4.69) is 15.3 Å². The number of hydrogen-bond donors (Lipinski definition) is 4. The maximum atomic E-state index is 11.9. The Kier molecular flexibility index (Phi) is 4.72. The van der Waals surface area contributed by atoms with Gasteiger partial charge in [-0.3, -0.25) is 4.79 Å². The first kappa shape index (κ1) is 17.0. The number of aliphatic hydroxyl groups excluding tert-OH is 1. The molecule has 7 heteroatoms. The number of nitriles is 1. The quantitative estimate of drug-likeness (QED) is 0.455. The van der Waals surface area contributed by atoms with Gasteiger partial charge in [-0.25, -0.2) is 4.98 Å². The third-order valence-electron chi connectivity index (χ3n) is 4.53. The number of H-pyrrole nitrogens is 1. The second-order valence-electron chi connectivity index (χ2n) is 6.56. The highest BCUT2D eigenvalue weighted by Gasteiger charge is 2.28. The second kappa shape index (κ2) is 6.95. The van der Waals surface area contributed by atoms with Crippen molar-refractivity contribution in [3.8, 4) is 6.07 Å². The van der Waals surface area contributed by atoms with E-state index in [-0.39, 0.29) is 23.8 Å². The topological polar surface area (TPSA) is 106 Å². The monoisotopic (exact) mass is 340 g/mol. The van der Waals surface area contributed by atoms with Crippen molar-refractivity contribution in [3.05, 3.63) is 35.8 Å². The predicted octanol–water partition coefficient (Wildman–Crippen LogP) is 0.537. The van der Waals surface area contributed by atoms with Crippen molar-refractivity contribution in [2.24, 2.45) is 0 Å². The number of fused-ring (bicyclic) bond motifs is 1. The van der Waals surface area contributed by atoms with E-state index in [1.165, 1.54) is 0 Å². The fourth-order valence-electron chi connectivity index (χ4n) is 2.67. The summed E-state index contributed by atoms with van der Waals surface area (Å²) in [5.74, 6) is 0.225. The van der Waals surface area contributed by atoms with Gasteiger partial charge in [-0.1, -0.05) is 12.1 Å². The first-order valence-corrected chi connectivity index (χ1v) is 8.39. The Labute approximate surface area is 146 Å². The van der Waals surface area contributed by atoms with E-state index in [0.717, 1.165) is 28.8 Å². The lowest BCUT2D eigenvalue weighted by atomic mass is 10.1. The Hall–Kier alpha value is -2.85. The van der Waals surface area contributed by atoms with Crippen LogP contribution < -0.4 is 10.2 Å². The molecule has 1 unspecified atom stereocenters. The van der Waals surface area contributed by atoms with Gasteiger partial charge in [-0.05, 0) is 31.9 Å². The highest BCUT2D eigenvalue weighted by Crippen LogP contribution is 2.20. The molecule has 0 saturated heterocycles.